The Morgan fingerprint density at radius 3 is 2.72 bits per heavy atom. The number of rotatable bonds is 9. The van der Waals surface area contributed by atoms with Gasteiger partial charge in [-0.25, -0.2) is 9.78 Å². The predicted octanol–water partition coefficient (Wildman–Crippen LogP) is 3.40. The molecule has 0 aliphatic rings. The van der Waals surface area contributed by atoms with Gasteiger partial charge in [0.2, 0.25) is 0 Å². The number of nitrogens with zero attached hydrogens (tertiary/aromatic N) is 5. The number of hydrogen-bond donors (Lipinski definition) is 1. The number of esters is 1. The minimum absolute atomic E-state index is 0.114. The second-order valence-corrected chi connectivity index (χ2v) is 7.85. The summed E-state index contributed by atoms with van der Waals surface area (Å²) in [6.07, 6.45) is -0.583. The molecule has 0 radical (unpaired) electrons. The lowest BCUT2D eigenvalue weighted by molar-refractivity contribution is -0.145. The molecule has 36 heavy (non-hydrogen) atoms. The molecule has 4 aromatic rings. The van der Waals surface area contributed by atoms with Crippen molar-refractivity contribution < 1.29 is 27.4 Å². The van der Waals surface area contributed by atoms with Gasteiger partial charge in [-0.1, -0.05) is 19.1 Å². The fourth-order valence-electron chi connectivity index (χ4n) is 3.68. The largest absolute Gasteiger partial charge is 0.463 e. The van der Waals surface area contributed by atoms with Crippen LogP contribution in [0.3, 0.4) is 0 Å². The summed E-state index contributed by atoms with van der Waals surface area (Å²) in [6.45, 7) is 3.93. The van der Waals surface area contributed by atoms with Gasteiger partial charge in [-0.05, 0) is 31.0 Å². The maximum atomic E-state index is 13.0. The van der Waals surface area contributed by atoms with Crippen LogP contribution in [0.25, 0.3) is 22.6 Å². The fourth-order valence-corrected chi connectivity index (χ4v) is 3.68. The first kappa shape index (κ1) is 24.9. The minimum atomic E-state index is -4.44. The van der Waals surface area contributed by atoms with Crippen LogP contribution in [0.5, 0.6) is 6.01 Å². The van der Waals surface area contributed by atoms with Gasteiger partial charge in [0.05, 0.1) is 30.5 Å². The molecule has 1 aromatic carbocycles. The van der Waals surface area contributed by atoms with Crippen LogP contribution in [0.15, 0.2) is 41.5 Å². The van der Waals surface area contributed by atoms with Gasteiger partial charge in [0.1, 0.15) is 5.82 Å². The number of aryl methyl sites for hydroxylation is 1. The fraction of sp³-hybridized carbons (Fsp3) is 0.348. The average molecular weight is 504 g/mol. The Labute approximate surface area is 202 Å². The topological polar surface area (TPSA) is 117 Å². The zero-order chi connectivity index (χ0) is 25.9. The van der Waals surface area contributed by atoms with E-state index in [0.29, 0.717) is 29.9 Å². The molecule has 190 valence electrons. The van der Waals surface area contributed by atoms with Crippen molar-refractivity contribution in [2.24, 2.45) is 0 Å². The summed E-state index contributed by atoms with van der Waals surface area (Å²) in [4.78, 5) is 35.5. The van der Waals surface area contributed by atoms with E-state index in [2.05, 4.69) is 20.1 Å². The van der Waals surface area contributed by atoms with Crippen molar-refractivity contribution in [1.29, 1.82) is 0 Å². The molecule has 0 aliphatic heterocycles. The van der Waals surface area contributed by atoms with Gasteiger partial charge in [-0.15, -0.1) is 0 Å². The van der Waals surface area contributed by atoms with E-state index in [9.17, 15) is 22.8 Å². The third-order valence-corrected chi connectivity index (χ3v) is 5.16. The Kier molecular flexibility index (Phi) is 7.08. The first-order chi connectivity index (χ1) is 17.2. The van der Waals surface area contributed by atoms with Crippen LogP contribution < -0.4 is 10.3 Å². The van der Waals surface area contributed by atoms with Crippen LogP contribution in [-0.4, -0.2) is 48.5 Å². The molecule has 0 spiro atoms. The molecule has 1 N–H and O–H groups in total. The highest BCUT2D eigenvalue weighted by Gasteiger charge is 2.30. The smallest absolute Gasteiger partial charge is 0.416 e. The van der Waals surface area contributed by atoms with Crippen LogP contribution in [0.4, 0.5) is 13.2 Å². The average Bonchev–Trinajstić information content (AvgIpc) is 3.42. The quantitative estimate of drug-likeness (QED) is 0.347. The van der Waals surface area contributed by atoms with Gasteiger partial charge in [0, 0.05) is 12.7 Å². The Hall–Kier alpha value is -4.16. The number of carbonyl (C=O) groups is 1. The number of fused-ring (bicyclic) bond motifs is 1. The number of H-pyrrole nitrogens is 1. The van der Waals surface area contributed by atoms with Gasteiger partial charge >= 0.3 is 12.1 Å². The first-order valence-corrected chi connectivity index (χ1v) is 11.2. The number of benzene rings is 1. The number of halogens is 3. The normalized spacial score (nSPS) is 11.7. The van der Waals surface area contributed by atoms with Crippen LogP contribution >= 0.6 is 0 Å². The second-order valence-electron chi connectivity index (χ2n) is 7.85. The van der Waals surface area contributed by atoms with Crippen molar-refractivity contribution in [2.75, 3.05) is 13.2 Å². The molecule has 4 rings (SSSR count). The van der Waals surface area contributed by atoms with E-state index >= 15 is 0 Å². The van der Waals surface area contributed by atoms with Gasteiger partial charge < -0.3 is 14.0 Å². The zero-order valence-corrected chi connectivity index (χ0v) is 19.5. The van der Waals surface area contributed by atoms with Gasteiger partial charge in [-0.2, -0.15) is 23.3 Å². The summed E-state index contributed by atoms with van der Waals surface area (Å²) < 4.78 is 52.3. The monoisotopic (exact) mass is 504 g/mol. The minimum Gasteiger partial charge on any atom is -0.463 e. The van der Waals surface area contributed by atoms with E-state index in [0.717, 1.165) is 12.1 Å². The maximum absolute atomic E-state index is 13.0. The highest BCUT2D eigenvalue weighted by Crippen LogP contribution is 2.30. The van der Waals surface area contributed by atoms with Crippen LogP contribution in [0, 0.1) is 0 Å². The highest BCUT2D eigenvalue weighted by atomic mass is 19.4. The number of ether oxygens (including phenoxy) is 2. The molecule has 0 amide bonds. The van der Waals surface area contributed by atoms with Crippen molar-refractivity contribution in [3.8, 4) is 17.4 Å². The van der Waals surface area contributed by atoms with Gasteiger partial charge in [-0.3, -0.25) is 14.5 Å². The van der Waals surface area contributed by atoms with E-state index in [-0.39, 0.29) is 30.3 Å². The summed E-state index contributed by atoms with van der Waals surface area (Å²) in [6, 6.07) is 4.86. The van der Waals surface area contributed by atoms with E-state index in [4.69, 9.17) is 9.47 Å². The molecule has 0 saturated carbocycles. The van der Waals surface area contributed by atoms with Crippen molar-refractivity contribution in [2.45, 2.75) is 39.5 Å². The van der Waals surface area contributed by atoms with Crippen molar-refractivity contribution in [1.82, 2.24) is 29.3 Å². The summed E-state index contributed by atoms with van der Waals surface area (Å²) >= 11 is 0. The van der Waals surface area contributed by atoms with E-state index in [1.54, 1.807) is 23.8 Å². The molecule has 0 bridgehead atoms. The summed E-state index contributed by atoms with van der Waals surface area (Å²) in [5.41, 5.74) is 0.100. The molecule has 0 saturated heterocycles. The van der Waals surface area contributed by atoms with Gasteiger partial charge in [0.25, 0.3) is 11.6 Å². The Balaban J connectivity index is 1.64. The number of alkyl halides is 3. The number of hydrogen-bond acceptors (Lipinski definition) is 7. The lowest BCUT2D eigenvalue weighted by atomic mass is 10.1. The Bertz CT molecular complexity index is 1440. The maximum Gasteiger partial charge on any atom is 0.416 e. The number of aromatic nitrogens is 6. The molecule has 0 fully saturated rings. The SMILES string of the molecule is CCCn1c(-c2cnn(Cc3cccc(C(F)(F)F)c3)c2)nc2nc(OCC(=O)OCC)[nH]c(=O)c21. The molecular formula is C23H23F3N6O4. The molecular weight excluding hydrogens is 481 g/mol. The standard InChI is InChI=1S/C23H23F3N6O4/c1-3-8-32-18-19(29-22(30-21(18)34)36-13-17(33)35-4-2)28-20(32)15-10-27-31(12-15)11-14-6-5-7-16(9-14)23(24,25)26/h5-7,9-10,12H,3-4,8,11,13H2,1-2H3,(H,29,30,34). The second kappa shape index (κ2) is 10.2. The Morgan fingerprint density at radius 2 is 2.00 bits per heavy atom. The number of imidazole rings is 1. The molecule has 0 unspecified atom stereocenters. The summed E-state index contributed by atoms with van der Waals surface area (Å²) in [7, 11) is 0. The molecule has 10 nitrogen and oxygen atoms in total. The van der Waals surface area contributed by atoms with Crippen molar-refractivity contribution in [3.63, 3.8) is 0 Å². The molecule has 0 aliphatic carbocycles. The van der Waals surface area contributed by atoms with Crippen molar-refractivity contribution in [3.05, 3.63) is 58.1 Å². The molecule has 0 atom stereocenters. The summed E-state index contributed by atoms with van der Waals surface area (Å²) in [5, 5.41) is 4.26. The van der Waals surface area contributed by atoms with E-state index in [1.165, 1.54) is 16.9 Å². The number of nitrogens with one attached hydrogen (secondary N) is 1. The summed E-state index contributed by atoms with van der Waals surface area (Å²) in [5.74, 6) is -0.187. The van der Waals surface area contributed by atoms with E-state index in [1.807, 2.05) is 6.92 Å². The molecule has 3 heterocycles. The number of aromatic amines is 1. The molecule has 3 aromatic heterocycles. The van der Waals surface area contributed by atoms with Crippen LogP contribution in [0.1, 0.15) is 31.4 Å². The first-order valence-electron chi connectivity index (χ1n) is 11.2. The van der Waals surface area contributed by atoms with Crippen molar-refractivity contribution >= 4 is 17.1 Å². The number of carbonyl (C=O) groups excluding carboxylic acids is 1. The predicted molar refractivity (Wildman–Crippen MR) is 122 cm³/mol. The molecule has 13 heteroatoms. The van der Waals surface area contributed by atoms with E-state index < -0.39 is 29.9 Å². The zero-order valence-electron chi connectivity index (χ0n) is 19.5. The lowest BCUT2D eigenvalue weighted by Gasteiger charge is -2.09. The third kappa shape index (κ3) is 5.39. The van der Waals surface area contributed by atoms with Crippen LogP contribution in [-0.2, 0) is 28.8 Å². The lowest BCUT2D eigenvalue weighted by Crippen LogP contribution is -2.19. The van der Waals surface area contributed by atoms with Gasteiger partial charge in [0.15, 0.2) is 17.8 Å². The Morgan fingerprint density at radius 1 is 1.19 bits per heavy atom. The van der Waals surface area contributed by atoms with Crippen LogP contribution in [0.2, 0.25) is 0 Å². The highest BCUT2D eigenvalue weighted by molar-refractivity contribution is 5.76. The third-order valence-electron chi connectivity index (χ3n) is 5.16.